The maximum atomic E-state index is 5.42. The Kier molecular flexibility index (Phi) is 6.62. The lowest BCUT2D eigenvalue weighted by Crippen LogP contribution is -2.43. The summed E-state index contributed by atoms with van der Waals surface area (Å²) in [7, 11) is 1.79. The molecule has 0 bridgehead atoms. The molecule has 0 saturated heterocycles. The smallest absolute Gasteiger partial charge is 0.191 e. The zero-order valence-corrected chi connectivity index (χ0v) is 16.0. The van der Waals surface area contributed by atoms with Gasteiger partial charge in [0.05, 0.1) is 5.69 Å². The molecule has 0 unspecified atom stereocenters. The van der Waals surface area contributed by atoms with Crippen LogP contribution in [-0.4, -0.2) is 24.7 Å². The Labute approximate surface area is 150 Å². The number of aryl methyl sites for hydroxylation is 2. The minimum absolute atomic E-state index is 0.0131. The Hall–Kier alpha value is -2.30. The van der Waals surface area contributed by atoms with Gasteiger partial charge in [-0.15, -0.1) is 0 Å². The highest BCUT2D eigenvalue weighted by molar-refractivity contribution is 5.79. The normalized spacial score (nSPS) is 12.3. The molecule has 1 aromatic carbocycles. The summed E-state index contributed by atoms with van der Waals surface area (Å²) in [5.74, 6) is 1.73. The molecule has 1 aromatic heterocycles. The van der Waals surface area contributed by atoms with E-state index in [4.69, 9.17) is 4.52 Å². The van der Waals surface area contributed by atoms with E-state index in [2.05, 4.69) is 72.7 Å². The van der Waals surface area contributed by atoms with Gasteiger partial charge in [-0.1, -0.05) is 63.2 Å². The highest BCUT2D eigenvalue weighted by atomic mass is 16.5. The van der Waals surface area contributed by atoms with Gasteiger partial charge in [-0.05, 0) is 12.0 Å². The van der Waals surface area contributed by atoms with E-state index in [0.29, 0.717) is 6.54 Å². The summed E-state index contributed by atoms with van der Waals surface area (Å²) in [6.45, 7) is 10.1. The van der Waals surface area contributed by atoms with Gasteiger partial charge >= 0.3 is 0 Å². The molecule has 0 fully saturated rings. The predicted octanol–water partition coefficient (Wildman–Crippen LogP) is 3.44. The summed E-state index contributed by atoms with van der Waals surface area (Å²) >= 11 is 0. The number of benzene rings is 1. The molecule has 0 atom stereocenters. The van der Waals surface area contributed by atoms with Crippen molar-refractivity contribution in [2.75, 3.05) is 13.6 Å². The van der Waals surface area contributed by atoms with E-state index in [1.54, 1.807) is 7.05 Å². The van der Waals surface area contributed by atoms with Gasteiger partial charge in [0.15, 0.2) is 5.96 Å². The first kappa shape index (κ1) is 19.0. The number of hydrogen-bond acceptors (Lipinski definition) is 3. The molecular weight excluding hydrogens is 312 g/mol. The Balaban J connectivity index is 1.97. The van der Waals surface area contributed by atoms with E-state index in [0.717, 1.165) is 42.4 Å². The number of nitrogens with one attached hydrogen (secondary N) is 2. The van der Waals surface area contributed by atoms with Gasteiger partial charge in [0, 0.05) is 37.5 Å². The molecule has 2 N–H and O–H groups in total. The van der Waals surface area contributed by atoms with Crippen LogP contribution in [0.4, 0.5) is 0 Å². The lowest BCUT2D eigenvalue weighted by atomic mass is 9.85. The molecular formula is C20H30N4O. The Morgan fingerprint density at radius 2 is 1.84 bits per heavy atom. The molecule has 5 heteroatoms. The van der Waals surface area contributed by atoms with Crippen molar-refractivity contribution in [3.63, 3.8) is 0 Å². The number of nitrogens with zero attached hydrogens (tertiary/aromatic N) is 2. The molecule has 0 aliphatic rings. The summed E-state index contributed by atoms with van der Waals surface area (Å²) in [6, 6.07) is 10.5. The number of aromatic nitrogens is 1. The van der Waals surface area contributed by atoms with Crippen molar-refractivity contribution in [3.05, 3.63) is 52.9 Å². The van der Waals surface area contributed by atoms with Crippen LogP contribution in [0.5, 0.6) is 0 Å². The van der Waals surface area contributed by atoms with E-state index in [1.165, 1.54) is 5.56 Å². The first-order valence-corrected chi connectivity index (χ1v) is 8.98. The van der Waals surface area contributed by atoms with E-state index >= 15 is 0 Å². The largest absolute Gasteiger partial charge is 0.361 e. The Bertz CT molecular complexity index is 667. The lowest BCUT2D eigenvalue weighted by Gasteiger charge is -2.26. The van der Waals surface area contributed by atoms with Crippen LogP contribution < -0.4 is 10.6 Å². The Morgan fingerprint density at radius 3 is 2.44 bits per heavy atom. The van der Waals surface area contributed by atoms with Crippen LogP contribution in [0.2, 0.25) is 0 Å². The second-order valence-corrected chi connectivity index (χ2v) is 6.77. The summed E-state index contributed by atoms with van der Waals surface area (Å²) in [5.41, 5.74) is 3.48. The van der Waals surface area contributed by atoms with E-state index < -0.39 is 0 Å². The average molecular weight is 342 g/mol. The molecule has 2 rings (SSSR count). The van der Waals surface area contributed by atoms with Crippen LogP contribution in [0.25, 0.3) is 0 Å². The maximum absolute atomic E-state index is 5.42. The van der Waals surface area contributed by atoms with Gasteiger partial charge in [0.25, 0.3) is 0 Å². The van der Waals surface area contributed by atoms with Crippen molar-refractivity contribution in [2.45, 2.75) is 52.5 Å². The second kappa shape index (κ2) is 8.70. The summed E-state index contributed by atoms with van der Waals surface area (Å²) in [4.78, 5) is 4.34. The van der Waals surface area contributed by atoms with Crippen molar-refractivity contribution in [2.24, 2.45) is 4.99 Å². The molecule has 0 saturated carbocycles. The van der Waals surface area contributed by atoms with Gasteiger partial charge in [-0.3, -0.25) is 4.99 Å². The van der Waals surface area contributed by atoms with Crippen molar-refractivity contribution in [1.29, 1.82) is 0 Å². The van der Waals surface area contributed by atoms with E-state index in [9.17, 15) is 0 Å². The molecule has 0 aliphatic heterocycles. The van der Waals surface area contributed by atoms with Crippen molar-refractivity contribution in [3.8, 4) is 0 Å². The molecule has 0 spiro atoms. The summed E-state index contributed by atoms with van der Waals surface area (Å²) < 4.78 is 5.42. The summed E-state index contributed by atoms with van der Waals surface area (Å²) in [5, 5.41) is 11.0. The summed E-state index contributed by atoms with van der Waals surface area (Å²) in [6.07, 6.45) is 1.71. The van der Waals surface area contributed by atoms with Crippen LogP contribution in [0, 0.1) is 0 Å². The van der Waals surface area contributed by atoms with Gasteiger partial charge in [0.1, 0.15) is 5.76 Å². The first-order valence-electron chi connectivity index (χ1n) is 8.98. The average Bonchev–Trinajstić information content (AvgIpc) is 3.04. The van der Waals surface area contributed by atoms with Crippen molar-refractivity contribution < 1.29 is 4.52 Å². The Morgan fingerprint density at radius 1 is 1.12 bits per heavy atom. The van der Waals surface area contributed by atoms with Gasteiger partial charge in [0.2, 0.25) is 0 Å². The first-order chi connectivity index (χ1) is 12.0. The fourth-order valence-electron chi connectivity index (χ4n) is 2.83. The van der Waals surface area contributed by atoms with Gasteiger partial charge < -0.3 is 15.2 Å². The van der Waals surface area contributed by atoms with Crippen molar-refractivity contribution >= 4 is 5.96 Å². The zero-order valence-electron chi connectivity index (χ0n) is 16.0. The monoisotopic (exact) mass is 342 g/mol. The predicted molar refractivity (Wildman–Crippen MR) is 103 cm³/mol. The number of rotatable bonds is 7. The van der Waals surface area contributed by atoms with Crippen LogP contribution in [0.1, 0.15) is 50.3 Å². The second-order valence-electron chi connectivity index (χ2n) is 6.77. The third-order valence-corrected chi connectivity index (χ3v) is 4.52. The van der Waals surface area contributed by atoms with Crippen LogP contribution in [0.3, 0.4) is 0 Å². The molecule has 0 aliphatic carbocycles. The van der Waals surface area contributed by atoms with Crippen LogP contribution >= 0.6 is 0 Å². The molecule has 0 radical (unpaired) electrons. The standard InChI is InChI=1S/C20H30N4O/c1-6-17-16(18(7-2)25-24-17)13-22-19(21-5)23-14-20(3,4)15-11-9-8-10-12-15/h8-12H,6-7,13-14H2,1-5H3,(H2,21,22,23). The highest BCUT2D eigenvalue weighted by Crippen LogP contribution is 2.21. The van der Waals surface area contributed by atoms with Crippen molar-refractivity contribution in [1.82, 2.24) is 15.8 Å². The van der Waals surface area contributed by atoms with Crippen LogP contribution in [-0.2, 0) is 24.8 Å². The fraction of sp³-hybridized carbons (Fsp3) is 0.500. The number of hydrogen-bond donors (Lipinski definition) is 2. The number of aliphatic imine (C=N–C) groups is 1. The van der Waals surface area contributed by atoms with E-state index in [-0.39, 0.29) is 5.41 Å². The quantitative estimate of drug-likeness (QED) is 0.598. The fourth-order valence-corrected chi connectivity index (χ4v) is 2.83. The van der Waals surface area contributed by atoms with E-state index in [1.807, 2.05) is 6.07 Å². The maximum Gasteiger partial charge on any atom is 0.191 e. The molecule has 1 heterocycles. The molecule has 136 valence electrons. The highest BCUT2D eigenvalue weighted by Gasteiger charge is 2.21. The third kappa shape index (κ3) is 4.84. The minimum atomic E-state index is 0.0131. The zero-order chi connectivity index (χ0) is 18.3. The lowest BCUT2D eigenvalue weighted by molar-refractivity contribution is 0.380. The van der Waals surface area contributed by atoms with Gasteiger partial charge in [-0.2, -0.15) is 0 Å². The van der Waals surface area contributed by atoms with Crippen LogP contribution in [0.15, 0.2) is 39.8 Å². The molecule has 5 nitrogen and oxygen atoms in total. The molecule has 25 heavy (non-hydrogen) atoms. The minimum Gasteiger partial charge on any atom is -0.361 e. The molecule has 0 amide bonds. The SMILES string of the molecule is CCc1noc(CC)c1CNC(=NC)NCC(C)(C)c1ccccc1. The molecule has 2 aromatic rings. The number of guanidine groups is 1. The third-order valence-electron chi connectivity index (χ3n) is 4.52. The topological polar surface area (TPSA) is 62.5 Å². The van der Waals surface area contributed by atoms with Gasteiger partial charge in [-0.25, -0.2) is 0 Å².